The van der Waals surface area contributed by atoms with Crippen LogP contribution in [-0.2, 0) is 19.6 Å². The lowest BCUT2D eigenvalue weighted by Gasteiger charge is -2.39. The maximum Gasteiger partial charge on any atom is 0.338 e. The van der Waals surface area contributed by atoms with Crippen LogP contribution >= 0.6 is 11.6 Å². The van der Waals surface area contributed by atoms with Gasteiger partial charge in [0.05, 0.1) is 23.1 Å². The summed E-state index contributed by atoms with van der Waals surface area (Å²) >= 11 is 6.43. The van der Waals surface area contributed by atoms with E-state index in [1.165, 1.54) is 9.21 Å². The third kappa shape index (κ3) is 5.27. The summed E-state index contributed by atoms with van der Waals surface area (Å²) in [6, 6.07) is 14.3. The quantitative estimate of drug-likeness (QED) is 0.551. The number of benzene rings is 2. The fraction of sp³-hybridized carbons (Fsp3) is 0.360. The zero-order valence-electron chi connectivity index (χ0n) is 20.2. The summed E-state index contributed by atoms with van der Waals surface area (Å²) in [5.41, 5.74) is 1.41. The van der Waals surface area contributed by atoms with Gasteiger partial charge in [-0.15, -0.1) is 0 Å². The van der Waals surface area contributed by atoms with Crippen molar-refractivity contribution in [1.82, 2.24) is 19.4 Å². The van der Waals surface area contributed by atoms with Crippen LogP contribution in [0.3, 0.4) is 0 Å². The van der Waals surface area contributed by atoms with Crippen LogP contribution in [0.1, 0.15) is 18.5 Å². The lowest BCUT2D eigenvalue weighted by molar-refractivity contribution is -0.139. The molecule has 2 aliphatic heterocycles. The Morgan fingerprint density at radius 2 is 1.69 bits per heavy atom. The van der Waals surface area contributed by atoms with Crippen molar-refractivity contribution in [3.8, 4) is 0 Å². The van der Waals surface area contributed by atoms with Crippen LogP contribution < -0.4 is 5.32 Å². The summed E-state index contributed by atoms with van der Waals surface area (Å²) in [6.45, 7) is 3.65. The topological polar surface area (TPSA) is 99.3 Å². The molecule has 0 spiro atoms. The normalized spacial score (nSPS) is 19.8. The van der Waals surface area contributed by atoms with Gasteiger partial charge in [-0.3, -0.25) is 9.80 Å². The first-order valence-electron chi connectivity index (χ1n) is 11.7. The van der Waals surface area contributed by atoms with Gasteiger partial charge in [0.25, 0.3) is 0 Å². The first-order chi connectivity index (χ1) is 17.2. The van der Waals surface area contributed by atoms with E-state index < -0.39 is 22.0 Å². The van der Waals surface area contributed by atoms with Crippen LogP contribution in [-0.4, -0.2) is 80.9 Å². The number of sulfonamides is 1. The molecule has 192 valence electrons. The lowest BCUT2D eigenvalue weighted by atomic mass is 9.94. The number of carbonyl (C=O) groups is 2. The molecular formula is C25H29ClN4O5S. The van der Waals surface area contributed by atoms with Gasteiger partial charge in [-0.05, 0) is 30.7 Å². The largest absolute Gasteiger partial charge is 0.463 e. The average Bonchev–Trinajstić information content (AvgIpc) is 2.88. The Bertz CT molecular complexity index is 1260. The van der Waals surface area contributed by atoms with Crippen molar-refractivity contribution in [2.75, 3.05) is 46.4 Å². The van der Waals surface area contributed by atoms with E-state index in [2.05, 4.69) is 5.32 Å². The number of esters is 1. The van der Waals surface area contributed by atoms with E-state index in [-0.39, 0.29) is 24.1 Å². The van der Waals surface area contributed by atoms with E-state index in [0.717, 1.165) is 0 Å². The number of likely N-dealkylation sites (N-methyl/N-ethyl adjacent to an activating group) is 1. The molecule has 0 saturated carbocycles. The van der Waals surface area contributed by atoms with Crippen molar-refractivity contribution >= 4 is 33.6 Å². The van der Waals surface area contributed by atoms with Crippen LogP contribution in [0.2, 0.25) is 5.02 Å². The van der Waals surface area contributed by atoms with Gasteiger partial charge in [-0.25, -0.2) is 18.0 Å². The second-order valence-electron chi connectivity index (χ2n) is 8.54. The van der Waals surface area contributed by atoms with E-state index in [4.69, 9.17) is 16.3 Å². The third-order valence-electron chi connectivity index (χ3n) is 6.37. The SMILES string of the molecule is CCOC(=O)C1=C(CN2CCN(S(=O)(=O)c3ccccc3)CC2)N(C)C(=O)N[C@H]1c1ccccc1Cl. The van der Waals surface area contributed by atoms with E-state index >= 15 is 0 Å². The van der Waals surface area contributed by atoms with Gasteiger partial charge in [0, 0.05) is 50.5 Å². The summed E-state index contributed by atoms with van der Waals surface area (Å²) in [4.78, 5) is 29.7. The Morgan fingerprint density at radius 3 is 2.33 bits per heavy atom. The molecule has 2 heterocycles. The number of urea groups is 1. The van der Waals surface area contributed by atoms with Crippen molar-refractivity contribution in [2.24, 2.45) is 0 Å². The highest BCUT2D eigenvalue weighted by atomic mass is 35.5. The van der Waals surface area contributed by atoms with Crippen molar-refractivity contribution in [1.29, 1.82) is 0 Å². The number of carbonyl (C=O) groups excluding carboxylic acids is 2. The highest BCUT2D eigenvalue weighted by Crippen LogP contribution is 2.35. The summed E-state index contributed by atoms with van der Waals surface area (Å²) < 4.78 is 32.8. The fourth-order valence-corrected chi connectivity index (χ4v) is 6.11. The standard InChI is InChI=1S/C25H29ClN4O5S/c1-3-35-24(31)22-21(28(2)25(32)27-23(22)19-11-7-8-12-20(19)26)17-29-13-15-30(16-14-29)36(33,34)18-9-5-4-6-10-18/h4-12,23H,3,13-17H2,1-2H3,(H,27,32)/t23-/m0/s1. The Balaban J connectivity index is 1.60. The van der Waals surface area contributed by atoms with Gasteiger partial charge in [-0.1, -0.05) is 48.0 Å². The molecule has 2 aromatic rings. The smallest absolute Gasteiger partial charge is 0.338 e. The maximum atomic E-state index is 13.1. The number of amides is 2. The number of nitrogens with zero attached hydrogens (tertiary/aromatic N) is 3. The molecule has 0 unspecified atom stereocenters. The molecule has 11 heteroatoms. The number of ether oxygens (including phenoxy) is 1. The monoisotopic (exact) mass is 532 g/mol. The molecule has 0 bridgehead atoms. The fourth-order valence-electron chi connectivity index (χ4n) is 4.42. The van der Waals surface area contributed by atoms with Crippen LogP contribution in [0.25, 0.3) is 0 Å². The van der Waals surface area contributed by atoms with E-state index in [1.807, 2.05) is 4.90 Å². The molecule has 2 amide bonds. The highest BCUT2D eigenvalue weighted by Gasteiger charge is 2.39. The van der Waals surface area contributed by atoms with Gasteiger partial charge in [0.1, 0.15) is 0 Å². The minimum absolute atomic E-state index is 0.179. The molecule has 36 heavy (non-hydrogen) atoms. The molecule has 1 saturated heterocycles. The van der Waals surface area contributed by atoms with Crippen LogP contribution in [0.15, 0.2) is 70.8 Å². The molecule has 2 aliphatic rings. The highest BCUT2D eigenvalue weighted by molar-refractivity contribution is 7.89. The Morgan fingerprint density at radius 1 is 1.06 bits per heavy atom. The number of hydrogen-bond donors (Lipinski definition) is 1. The summed E-state index contributed by atoms with van der Waals surface area (Å²) in [5.74, 6) is -0.533. The first kappa shape index (κ1) is 26.2. The minimum atomic E-state index is -3.59. The summed E-state index contributed by atoms with van der Waals surface area (Å²) in [5, 5.41) is 3.29. The van der Waals surface area contributed by atoms with Gasteiger partial charge in [0.2, 0.25) is 10.0 Å². The van der Waals surface area contributed by atoms with Crippen LogP contribution in [0, 0.1) is 0 Å². The number of rotatable bonds is 7. The molecule has 1 N–H and O–H groups in total. The zero-order valence-corrected chi connectivity index (χ0v) is 21.8. The average molecular weight is 533 g/mol. The van der Waals surface area contributed by atoms with E-state index in [9.17, 15) is 18.0 Å². The molecule has 1 fully saturated rings. The van der Waals surface area contributed by atoms with Gasteiger partial charge in [0.15, 0.2) is 0 Å². The van der Waals surface area contributed by atoms with Crippen molar-refractivity contribution in [2.45, 2.75) is 17.9 Å². The maximum absolute atomic E-state index is 13.1. The van der Waals surface area contributed by atoms with Gasteiger partial charge >= 0.3 is 12.0 Å². The molecule has 0 aliphatic carbocycles. The second-order valence-corrected chi connectivity index (χ2v) is 10.9. The molecule has 0 aromatic heterocycles. The number of piperazine rings is 1. The predicted molar refractivity (Wildman–Crippen MR) is 136 cm³/mol. The third-order valence-corrected chi connectivity index (χ3v) is 8.63. The van der Waals surface area contributed by atoms with E-state index in [1.54, 1.807) is 68.6 Å². The molecule has 1 atom stereocenters. The van der Waals surface area contributed by atoms with Crippen molar-refractivity contribution in [3.05, 3.63) is 76.5 Å². The predicted octanol–water partition coefficient (Wildman–Crippen LogP) is 2.86. The molecule has 9 nitrogen and oxygen atoms in total. The Hall–Kier alpha value is -2.92. The number of nitrogens with one attached hydrogen (secondary N) is 1. The Kier molecular flexibility index (Phi) is 7.99. The number of hydrogen-bond acceptors (Lipinski definition) is 6. The molecule has 4 rings (SSSR count). The van der Waals surface area contributed by atoms with Gasteiger partial charge in [-0.2, -0.15) is 4.31 Å². The minimum Gasteiger partial charge on any atom is -0.463 e. The van der Waals surface area contributed by atoms with Gasteiger partial charge < -0.3 is 10.1 Å². The van der Waals surface area contributed by atoms with Crippen LogP contribution in [0.5, 0.6) is 0 Å². The van der Waals surface area contributed by atoms with Crippen LogP contribution in [0.4, 0.5) is 4.79 Å². The molecular weight excluding hydrogens is 504 g/mol. The summed E-state index contributed by atoms with van der Waals surface area (Å²) in [6.07, 6.45) is 0. The lowest BCUT2D eigenvalue weighted by Crippen LogP contribution is -2.53. The van der Waals surface area contributed by atoms with E-state index in [0.29, 0.717) is 48.0 Å². The van der Waals surface area contributed by atoms with Crippen molar-refractivity contribution in [3.63, 3.8) is 0 Å². The molecule has 2 aromatic carbocycles. The second kappa shape index (κ2) is 11.0. The zero-order chi connectivity index (χ0) is 25.9. The summed E-state index contributed by atoms with van der Waals surface area (Å²) in [7, 11) is -1.99. The first-order valence-corrected chi connectivity index (χ1v) is 13.5. The Labute approximate surface area is 216 Å². The molecule has 0 radical (unpaired) electrons. The number of halogens is 1. The van der Waals surface area contributed by atoms with Crippen molar-refractivity contribution < 1.29 is 22.7 Å².